The molecule has 1 atom stereocenters. The van der Waals surface area contributed by atoms with Crippen LogP contribution in [0.25, 0.3) is 11.1 Å². The van der Waals surface area contributed by atoms with Crippen molar-refractivity contribution in [3.63, 3.8) is 0 Å². The fourth-order valence-electron chi connectivity index (χ4n) is 3.07. The van der Waals surface area contributed by atoms with E-state index in [9.17, 15) is 4.57 Å². The van der Waals surface area contributed by atoms with Gasteiger partial charge in [0.2, 0.25) is 12.8 Å². The van der Waals surface area contributed by atoms with Gasteiger partial charge < -0.3 is 4.57 Å². The SMILES string of the molecule is CCc1ccc2c([n+]1N)P(=O)(C(C)C)c1ccccc1-2. The number of aryl methyl sites for hydroxylation is 1. The predicted octanol–water partition coefficient (Wildman–Crippen LogP) is 1.95. The summed E-state index contributed by atoms with van der Waals surface area (Å²) in [4.78, 5) is 0. The lowest BCUT2D eigenvalue weighted by molar-refractivity contribution is -0.628. The second kappa shape index (κ2) is 4.46. The van der Waals surface area contributed by atoms with Gasteiger partial charge in [0, 0.05) is 23.5 Å². The van der Waals surface area contributed by atoms with Crippen molar-refractivity contribution in [1.82, 2.24) is 0 Å². The Kier molecular flexibility index (Phi) is 2.98. The number of hydrogen-bond donors (Lipinski definition) is 1. The van der Waals surface area contributed by atoms with Gasteiger partial charge in [-0.15, -0.1) is 0 Å². The van der Waals surface area contributed by atoms with Crippen molar-refractivity contribution in [3.8, 4) is 11.1 Å². The predicted molar refractivity (Wildman–Crippen MR) is 83.6 cm³/mol. The summed E-state index contributed by atoms with van der Waals surface area (Å²) in [6.07, 6.45) is 0.832. The van der Waals surface area contributed by atoms with Gasteiger partial charge in [-0.05, 0) is 11.6 Å². The molecule has 0 amide bonds. The zero-order chi connectivity index (χ0) is 14.5. The van der Waals surface area contributed by atoms with Crippen LogP contribution in [0, 0.1) is 0 Å². The minimum atomic E-state index is -2.66. The molecule has 4 heteroatoms. The van der Waals surface area contributed by atoms with E-state index in [0.29, 0.717) is 0 Å². The molecular formula is C16H20N2OP+. The summed E-state index contributed by atoms with van der Waals surface area (Å²) in [5.41, 5.74) is 3.97. The maximum atomic E-state index is 13.7. The third-order valence-corrected chi connectivity index (χ3v) is 7.82. The molecule has 1 aromatic carbocycles. The highest BCUT2D eigenvalue weighted by atomic mass is 31.2. The molecule has 2 N–H and O–H groups in total. The van der Waals surface area contributed by atoms with E-state index in [1.54, 1.807) is 4.68 Å². The molecule has 0 spiro atoms. The van der Waals surface area contributed by atoms with Crippen molar-refractivity contribution in [2.24, 2.45) is 0 Å². The fourth-order valence-corrected chi connectivity index (χ4v) is 6.20. The number of pyridine rings is 1. The zero-order valence-electron chi connectivity index (χ0n) is 12.1. The third-order valence-electron chi connectivity index (χ3n) is 4.18. The Morgan fingerprint density at radius 3 is 2.50 bits per heavy atom. The van der Waals surface area contributed by atoms with Crippen molar-refractivity contribution in [1.29, 1.82) is 0 Å². The van der Waals surface area contributed by atoms with Crippen molar-refractivity contribution in [3.05, 3.63) is 42.1 Å². The van der Waals surface area contributed by atoms with Crippen LogP contribution in [0.5, 0.6) is 0 Å². The van der Waals surface area contributed by atoms with Crippen LogP contribution in [0.3, 0.4) is 0 Å². The lowest BCUT2D eigenvalue weighted by Crippen LogP contribution is -2.60. The summed E-state index contributed by atoms with van der Waals surface area (Å²) in [5.74, 6) is 6.28. The van der Waals surface area contributed by atoms with E-state index in [-0.39, 0.29) is 5.66 Å². The smallest absolute Gasteiger partial charge is 0.280 e. The fraction of sp³-hybridized carbons (Fsp3) is 0.312. The quantitative estimate of drug-likeness (QED) is 0.521. The van der Waals surface area contributed by atoms with Crippen LogP contribution >= 0.6 is 7.14 Å². The molecule has 3 nitrogen and oxygen atoms in total. The van der Waals surface area contributed by atoms with Crippen LogP contribution in [0.1, 0.15) is 26.5 Å². The van der Waals surface area contributed by atoms with Crippen LogP contribution in [0.2, 0.25) is 0 Å². The monoisotopic (exact) mass is 287 g/mol. The van der Waals surface area contributed by atoms with Gasteiger partial charge in [0.1, 0.15) is 0 Å². The average molecular weight is 287 g/mol. The summed E-state index contributed by atoms with van der Waals surface area (Å²) in [6, 6.07) is 12.1. The Balaban J connectivity index is 2.44. The first kappa shape index (κ1) is 13.4. The highest BCUT2D eigenvalue weighted by molar-refractivity contribution is 7.80. The zero-order valence-corrected chi connectivity index (χ0v) is 13.0. The Bertz CT molecular complexity index is 737. The molecule has 1 aliphatic heterocycles. The first-order valence-corrected chi connectivity index (χ1v) is 8.82. The molecular weight excluding hydrogens is 267 g/mol. The highest BCUT2D eigenvalue weighted by Gasteiger charge is 2.49. The first-order chi connectivity index (χ1) is 9.51. The summed E-state index contributed by atoms with van der Waals surface area (Å²) >= 11 is 0. The van der Waals surface area contributed by atoms with Gasteiger partial charge in [-0.1, -0.05) is 49.7 Å². The molecule has 1 aromatic heterocycles. The largest absolute Gasteiger partial charge is 0.307 e. The van der Waals surface area contributed by atoms with E-state index in [4.69, 9.17) is 5.84 Å². The number of benzene rings is 1. The second-order valence-corrected chi connectivity index (χ2v) is 8.81. The summed E-state index contributed by atoms with van der Waals surface area (Å²) in [5, 5.41) is 0.956. The number of fused-ring (bicyclic) bond motifs is 3. The van der Waals surface area contributed by atoms with E-state index in [1.165, 1.54) is 0 Å². The average Bonchev–Trinajstić information content (AvgIpc) is 2.72. The van der Waals surface area contributed by atoms with Crippen LogP contribution in [0.4, 0.5) is 0 Å². The number of nitrogen functional groups attached to an aromatic ring is 1. The molecule has 104 valence electrons. The van der Waals surface area contributed by atoms with Gasteiger partial charge in [-0.25, -0.2) is 5.84 Å². The van der Waals surface area contributed by atoms with Crippen molar-refractivity contribution in [2.45, 2.75) is 32.9 Å². The van der Waals surface area contributed by atoms with Gasteiger partial charge in [-0.3, -0.25) is 0 Å². The minimum Gasteiger partial charge on any atom is -0.307 e. The summed E-state index contributed by atoms with van der Waals surface area (Å²) < 4.78 is 15.4. The summed E-state index contributed by atoms with van der Waals surface area (Å²) in [6.45, 7) is 6.10. The molecule has 2 heterocycles. The van der Waals surface area contributed by atoms with Gasteiger partial charge in [0.05, 0.1) is 5.56 Å². The minimum absolute atomic E-state index is 0.0480. The molecule has 0 aliphatic carbocycles. The Morgan fingerprint density at radius 1 is 1.15 bits per heavy atom. The maximum Gasteiger partial charge on any atom is 0.280 e. The number of hydrogen-bond acceptors (Lipinski definition) is 2. The number of rotatable bonds is 2. The Morgan fingerprint density at radius 2 is 1.85 bits per heavy atom. The summed E-state index contributed by atoms with van der Waals surface area (Å²) in [7, 11) is -2.66. The third kappa shape index (κ3) is 1.53. The molecule has 0 saturated heterocycles. The van der Waals surface area contributed by atoms with Crippen LogP contribution in [0.15, 0.2) is 36.4 Å². The molecule has 3 rings (SSSR count). The van der Waals surface area contributed by atoms with Gasteiger partial charge in [0.25, 0.3) is 5.44 Å². The molecule has 0 bridgehead atoms. The lowest BCUT2D eigenvalue weighted by atomic mass is 10.1. The number of nitrogens with two attached hydrogens (primary N) is 1. The van der Waals surface area contributed by atoms with Crippen LogP contribution < -0.4 is 21.3 Å². The van der Waals surface area contributed by atoms with Gasteiger partial charge in [0.15, 0.2) is 0 Å². The number of aromatic nitrogens is 1. The lowest BCUT2D eigenvalue weighted by Gasteiger charge is -2.16. The van der Waals surface area contributed by atoms with Crippen molar-refractivity contribution >= 4 is 17.9 Å². The molecule has 0 radical (unpaired) electrons. The van der Waals surface area contributed by atoms with Crippen molar-refractivity contribution in [2.75, 3.05) is 5.84 Å². The highest BCUT2D eigenvalue weighted by Crippen LogP contribution is 2.55. The van der Waals surface area contributed by atoms with E-state index in [1.807, 2.05) is 44.2 Å². The Hall–Kier alpha value is -1.60. The molecule has 0 saturated carbocycles. The molecule has 1 unspecified atom stereocenters. The standard InChI is InChI=1S/C16H20N2OP/c1-4-12-9-10-14-13-7-5-6-8-15(13)20(19,11(2)3)16(14)18(12)17/h5-11H,4,17H2,1-3H3/q+1. The van der Waals surface area contributed by atoms with Gasteiger partial charge >= 0.3 is 0 Å². The molecule has 1 aliphatic rings. The first-order valence-electron chi connectivity index (χ1n) is 7.05. The van der Waals surface area contributed by atoms with E-state index in [2.05, 4.69) is 13.0 Å². The van der Waals surface area contributed by atoms with Crippen LogP contribution in [-0.4, -0.2) is 5.66 Å². The van der Waals surface area contributed by atoms with Gasteiger partial charge in [-0.2, -0.15) is 0 Å². The van der Waals surface area contributed by atoms with Crippen molar-refractivity contribution < 1.29 is 9.24 Å². The normalized spacial score (nSPS) is 20.0. The molecule has 0 fully saturated rings. The van der Waals surface area contributed by atoms with E-state index < -0.39 is 7.14 Å². The second-order valence-electron chi connectivity index (χ2n) is 5.55. The molecule has 2 aromatic rings. The van der Waals surface area contributed by atoms with Crippen LogP contribution in [-0.2, 0) is 11.0 Å². The van der Waals surface area contributed by atoms with E-state index >= 15 is 0 Å². The van der Waals surface area contributed by atoms with E-state index in [0.717, 1.165) is 34.0 Å². The maximum absolute atomic E-state index is 13.7. The Labute approximate surface area is 119 Å². The topological polar surface area (TPSA) is 47.0 Å². The number of nitrogens with zero attached hydrogens (tertiary/aromatic N) is 1. The molecule has 20 heavy (non-hydrogen) atoms.